The van der Waals surface area contributed by atoms with E-state index in [1.165, 1.54) is 37.2 Å². The smallest absolute Gasteiger partial charge is 0.338 e. The van der Waals surface area contributed by atoms with E-state index in [0.29, 0.717) is 49.2 Å². The summed E-state index contributed by atoms with van der Waals surface area (Å²) in [5.74, 6) is 1.01. The highest BCUT2D eigenvalue weighted by Gasteiger charge is 2.34. The van der Waals surface area contributed by atoms with Gasteiger partial charge in [-0.3, -0.25) is 9.36 Å². The number of thiazole rings is 1. The molecule has 0 radical (unpaired) electrons. The summed E-state index contributed by atoms with van der Waals surface area (Å²) in [4.78, 5) is 43.8. The zero-order valence-electron chi connectivity index (χ0n) is 23.6. The van der Waals surface area contributed by atoms with Gasteiger partial charge in [-0.2, -0.15) is 0 Å². The topological polar surface area (TPSA) is 119 Å². The lowest BCUT2D eigenvalue weighted by molar-refractivity contribution is -0.139. The Hall–Kier alpha value is -4.90. The second-order valence-corrected chi connectivity index (χ2v) is 10.2. The van der Waals surface area contributed by atoms with Gasteiger partial charge in [0.25, 0.3) is 5.56 Å². The minimum Gasteiger partial charge on any atom is -0.493 e. The molecular formula is C31H28N2O8S. The number of furan rings is 1. The van der Waals surface area contributed by atoms with E-state index in [2.05, 4.69) is 4.99 Å². The van der Waals surface area contributed by atoms with Crippen LogP contribution in [0.1, 0.15) is 41.6 Å². The molecule has 0 unspecified atom stereocenters. The Kier molecular flexibility index (Phi) is 8.12. The summed E-state index contributed by atoms with van der Waals surface area (Å²) in [6.07, 6.45) is 1.64. The fourth-order valence-corrected chi connectivity index (χ4v) is 5.76. The number of esters is 2. The number of nitrogens with zero attached hydrogens (tertiary/aromatic N) is 2. The van der Waals surface area contributed by atoms with Crippen LogP contribution in [0.25, 0.3) is 17.4 Å². The van der Waals surface area contributed by atoms with Crippen molar-refractivity contribution in [2.75, 3.05) is 27.9 Å². The van der Waals surface area contributed by atoms with Gasteiger partial charge in [-0.25, -0.2) is 14.6 Å². The molecule has 2 aromatic carbocycles. The molecule has 10 nitrogen and oxygen atoms in total. The molecule has 11 heteroatoms. The summed E-state index contributed by atoms with van der Waals surface area (Å²) >= 11 is 1.19. The molecule has 0 fully saturated rings. The van der Waals surface area contributed by atoms with Crippen LogP contribution >= 0.6 is 11.3 Å². The van der Waals surface area contributed by atoms with E-state index in [4.69, 9.17) is 23.4 Å². The van der Waals surface area contributed by atoms with Crippen LogP contribution in [0.3, 0.4) is 0 Å². The Bertz CT molecular complexity index is 1880. The minimum absolute atomic E-state index is 0.172. The van der Waals surface area contributed by atoms with Crippen molar-refractivity contribution >= 4 is 29.4 Å². The van der Waals surface area contributed by atoms with Crippen LogP contribution in [-0.4, -0.2) is 44.4 Å². The summed E-state index contributed by atoms with van der Waals surface area (Å²) in [6.45, 7) is 3.62. The molecule has 0 spiro atoms. The second-order valence-electron chi connectivity index (χ2n) is 9.19. The molecule has 3 heterocycles. The maximum absolute atomic E-state index is 13.9. The average Bonchev–Trinajstić information content (AvgIpc) is 3.59. The van der Waals surface area contributed by atoms with Gasteiger partial charge in [-0.1, -0.05) is 29.5 Å². The first-order valence-electron chi connectivity index (χ1n) is 13.0. The summed E-state index contributed by atoms with van der Waals surface area (Å²) < 4.78 is 28.9. The zero-order valence-corrected chi connectivity index (χ0v) is 24.4. The van der Waals surface area contributed by atoms with Gasteiger partial charge < -0.3 is 23.4 Å². The number of carbonyl (C=O) groups excluding carboxylic acids is 2. The van der Waals surface area contributed by atoms with E-state index in [0.717, 1.165) is 5.56 Å². The summed E-state index contributed by atoms with van der Waals surface area (Å²) in [5.41, 5.74) is 2.19. The molecule has 2 aromatic heterocycles. The van der Waals surface area contributed by atoms with Gasteiger partial charge in [-0.05, 0) is 55.8 Å². The number of rotatable bonds is 8. The molecule has 4 aromatic rings. The largest absolute Gasteiger partial charge is 0.493 e. The van der Waals surface area contributed by atoms with E-state index in [1.54, 1.807) is 74.5 Å². The Morgan fingerprint density at radius 2 is 1.74 bits per heavy atom. The third-order valence-electron chi connectivity index (χ3n) is 6.73. The van der Waals surface area contributed by atoms with Crippen LogP contribution in [-0.2, 0) is 14.3 Å². The molecule has 1 aliphatic rings. The van der Waals surface area contributed by atoms with Gasteiger partial charge in [0.1, 0.15) is 11.5 Å². The van der Waals surface area contributed by atoms with Gasteiger partial charge >= 0.3 is 11.9 Å². The van der Waals surface area contributed by atoms with Gasteiger partial charge in [0.05, 0.1) is 55.3 Å². The fraction of sp³-hybridized carbons (Fsp3) is 0.226. The summed E-state index contributed by atoms with van der Waals surface area (Å²) in [7, 11) is 4.38. The van der Waals surface area contributed by atoms with Crippen LogP contribution in [0.2, 0.25) is 0 Å². The molecule has 42 heavy (non-hydrogen) atoms. The highest BCUT2D eigenvalue weighted by atomic mass is 32.1. The van der Waals surface area contributed by atoms with Crippen molar-refractivity contribution in [1.29, 1.82) is 0 Å². The van der Waals surface area contributed by atoms with Crippen LogP contribution in [0.4, 0.5) is 0 Å². The predicted octanol–water partition coefficient (Wildman–Crippen LogP) is 3.86. The fourth-order valence-electron chi connectivity index (χ4n) is 4.73. The number of fused-ring (bicyclic) bond motifs is 1. The monoisotopic (exact) mass is 588 g/mol. The number of benzene rings is 2. The van der Waals surface area contributed by atoms with Crippen LogP contribution < -0.4 is 24.4 Å². The van der Waals surface area contributed by atoms with Gasteiger partial charge in [0.2, 0.25) is 0 Å². The van der Waals surface area contributed by atoms with E-state index < -0.39 is 18.0 Å². The SMILES string of the molecule is CCOC(=O)C1=C(C)N=c2s/c(=C\c3ccc(-c4ccc(C(=O)OC)cc4)o3)c(=O)n2[C@H]1c1ccc(OC)c(OC)c1. The molecule has 0 amide bonds. The number of allylic oxidation sites excluding steroid dienone is 1. The summed E-state index contributed by atoms with van der Waals surface area (Å²) in [6, 6.07) is 14.8. The molecule has 1 atom stereocenters. The molecule has 5 rings (SSSR count). The van der Waals surface area contributed by atoms with Crippen molar-refractivity contribution in [2.45, 2.75) is 19.9 Å². The average molecular weight is 589 g/mol. The molecule has 0 N–H and O–H groups in total. The van der Waals surface area contributed by atoms with E-state index in [1.807, 2.05) is 0 Å². The Morgan fingerprint density at radius 1 is 1.00 bits per heavy atom. The normalized spacial score (nSPS) is 14.7. The lowest BCUT2D eigenvalue weighted by Crippen LogP contribution is -2.39. The molecule has 0 aliphatic carbocycles. The number of aromatic nitrogens is 1. The van der Waals surface area contributed by atoms with Crippen molar-refractivity contribution in [3.05, 3.63) is 102 Å². The molecule has 0 saturated carbocycles. The van der Waals surface area contributed by atoms with E-state index >= 15 is 0 Å². The van der Waals surface area contributed by atoms with Crippen molar-refractivity contribution in [3.63, 3.8) is 0 Å². The first-order chi connectivity index (χ1) is 20.3. The molecule has 1 aliphatic heterocycles. The third-order valence-corrected chi connectivity index (χ3v) is 7.71. The zero-order chi connectivity index (χ0) is 30.0. The first kappa shape index (κ1) is 28.6. The van der Waals surface area contributed by atoms with Crippen molar-refractivity contribution in [2.24, 2.45) is 4.99 Å². The van der Waals surface area contributed by atoms with Gasteiger partial charge in [0, 0.05) is 11.6 Å². The molecule has 0 bridgehead atoms. The van der Waals surface area contributed by atoms with Crippen molar-refractivity contribution in [3.8, 4) is 22.8 Å². The van der Waals surface area contributed by atoms with Crippen molar-refractivity contribution < 1.29 is 33.0 Å². The summed E-state index contributed by atoms with van der Waals surface area (Å²) in [5, 5.41) is 0. The number of carbonyl (C=O) groups is 2. The van der Waals surface area contributed by atoms with E-state index in [9.17, 15) is 14.4 Å². The standard InChI is InChI=1S/C31H28N2O8S/c1-6-40-30(36)26-17(2)32-31-33(27(26)20-11-13-23(37-3)24(15-20)38-4)28(34)25(42-31)16-21-12-14-22(41-21)18-7-9-19(10-8-18)29(35)39-5/h7-16,27H,6H2,1-5H3/b25-16-/t27-/m0/s1. The van der Waals surface area contributed by atoms with Crippen LogP contribution in [0, 0.1) is 0 Å². The predicted molar refractivity (Wildman–Crippen MR) is 155 cm³/mol. The second kappa shape index (κ2) is 11.9. The third kappa shape index (κ3) is 5.26. The Labute approximate surface area is 244 Å². The maximum Gasteiger partial charge on any atom is 0.338 e. The van der Waals surface area contributed by atoms with Crippen LogP contribution in [0.5, 0.6) is 11.5 Å². The number of ether oxygens (including phenoxy) is 4. The lowest BCUT2D eigenvalue weighted by Gasteiger charge is -2.25. The first-order valence-corrected chi connectivity index (χ1v) is 13.8. The minimum atomic E-state index is -0.803. The maximum atomic E-state index is 13.9. The lowest BCUT2D eigenvalue weighted by atomic mass is 9.95. The van der Waals surface area contributed by atoms with E-state index in [-0.39, 0.29) is 17.7 Å². The Balaban J connectivity index is 1.60. The number of hydrogen-bond acceptors (Lipinski definition) is 10. The van der Waals surface area contributed by atoms with Crippen molar-refractivity contribution in [1.82, 2.24) is 4.57 Å². The Morgan fingerprint density at radius 3 is 2.40 bits per heavy atom. The van der Waals surface area contributed by atoms with Crippen LogP contribution in [0.15, 0.2) is 80.1 Å². The highest BCUT2D eigenvalue weighted by Crippen LogP contribution is 2.36. The quantitative estimate of drug-likeness (QED) is 0.285. The molecule has 216 valence electrons. The number of hydrogen-bond donors (Lipinski definition) is 0. The van der Waals surface area contributed by atoms with Gasteiger partial charge in [0.15, 0.2) is 16.3 Å². The highest BCUT2D eigenvalue weighted by molar-refractivity contribution is 7.07. The van der Waals surface area contributed by atoms with Gasteiger partial charge in [-0.15, -0.1) is 0 Å². The number of methoxy groups -OCH3 is 3. The molecule has 0 saturated heterocycles. The molecular weight excluding hydrogens is 560 g/mol.